The molecule has 1 aromatic carbocycles. The molecule has 19 heavy (non-hydrogen) atoms. The Morgan fingerprint density at radius 3 is 2.79 bits per heavy atom. The predicted octanol–water partition coefficient (Wildman–Crippen LogP) is 0.698. The first-order valence-electron chi connectivity index (χ1n) is 5.93. The molecule has 0 aromatic heterocycles. The standard InChI is InChI=1S/C12H16N2O4S/c1-8-11(5-6-18-8)12(15)14-9-3-2-4-10(7-9)19(13,16)17/h2-4,7-8,11H,5-6H2,1H3,(H,14,15)(H2,13,16,17). The largest absolute Gasteiger partial charge is 0.378 e. The number of rotatable bonds is 3. The lowest BCUT2D eigenvalue weighted by molar-refractivity contribution is -0.121. The van der Waals surface area contributed by atoms with Crippen LogP contribution in [0.3, 0.4) is 0 Å². The van der Waals surface area contributed by atoms with Crippen molar-refractivity contribution in [3.8, 4) is 0 Å². The van der Waals surface area contributed by atoms with Gasteiger partial charge in [0.2, 0.25) is 15.9 Å². The molecule has 6 nitrogen and oxygen atoms in total. The van der Waals surface area contributed by atoms with Crippen LogP contribution in [0.5, 0.6) is 0 Å². The number of anilines is 1. The average Bonchev–Trinajstić information content (AvgIpc) is 2.75. The van der Waals surface area contributed by atoms with Crippen molar-refractivity contribution in [1.29, 1.82) is 0 Å². The van der Waals surface area contributed by atoms with Crippen LogP contribution in [0.25, 0.3) is 0 Å². The third kappa shape index (κ3) is 3.31. The van der Waals surface area contributed by atoms with Crippen LogP contribution in [0.4, 0.5) is 5.69 Å². The maximum absolute atomic E-state index is 12.0. The van der Waals surface area contributed by atoms with Gasteiger partial charge in [-0.1, -0.05) is 6.07 Å². The first-order chi connectivity index (χ1) is 8.88. The number of carbonyl (C=O) groups excluding carboxylic acids is 1. The topological polar surface area (TPSA) is 98.5 Å². The molecule has 2 unspecified atom stereocenters. The van der Waals surface area contributed by atoms with Crippen molar-refractivity contribution >= 4 is 21.6 Å². The van der Waals surface area contributed by atoms with Crippen molar-refractivity contribution in [3.63, 3.8) is 0 Å². The SMILES string of the molecule is CC1OCCC1C(=O)Nc1cccc(S(N)(=O)=O)c1. The summed E-state index contributed by atoms with van der Waals surface area (Å²) in [6, 6.07) is 5.87. The lowest BCUT2D eigenvalue weighted by atomic mass is 10.0. The van der Waals surface area contributed by atoms with Crippen molar-refractivity contribution in [1.82, 2.24) is 0 Å². The van der Waals surface area contributed by atoms with E-state index in [0.29, 0.717) is 18.7 Å². The first-order valence-corrected chi connectivity index (χ1v) is 7.48. The summed E-state index contributed by atoms with van der Waals surface area (Å²) in [5, 5.41) is 7.73. The second-order valence-electron chi connectivity index (χ2n) is 4.53. The normalized spacial score (nSPS) is 23.3. The van der Waals surface area contributed by atoms with Crippen LogP contribution in [-0.4, -0.2) is 27.0 Å². The number of carbonyl (C=O) groups is 1. The highest BCUT2D eigenvalue weighted by molar-refractivity contribution is 7.89. The number of benzene rings is 1. The molecule has 0 saturated carbocycles. The van der Waals surface area contributed by atoms with E-state index in [4.69, 9.17) is 9.88 Å². The van der Waals surface area contributed by atoms with Gasteiger partial charge in [0.05, 0.1) is 16.9 Å². The number of hydrogen-bond donors (Lipinski definition) is 2. The van der Waals surface area contributed by atoms with Crippen LogP contribution in [0, 0.1) is 5.92 Å². The minimum atomic E-state index is -3.77. The fourth-order valence-corrected chi connectivity index (χ4v) is 2.62. The maximum atomic E-state index is 12.0. The van der Waals surface area contributed by atoms with Crippen LogP contribution < -0.4 is 10.5 Å². The molecule has 0 bridgehead atoms. The molecule has 0 radical (unpaired) electrons. The molecule has 1 aliphatic heterocycles. The van der Waals surface area contributed by atoms with Crippen LogP contribution in [0.1, 0.15) is 13.3 Å². The van der Waals surface area contributed by atoms with E-state index in [1.165, 1.54) is 18.2 Å². The molecule has 1 amide bonds. The van der Waals surface area contributed by atoms with Crippen LogP contribution in [0.2, 0.25) is 0 Å². The van der Waals surface area contributed by atoms with Gasteiger partial charge >= 0.3 is 0 Å². The molecule has 1 aromatic rings. The fourth-order valence-electron chi connectivity index (χ4n) is 2.06. The van der Waals surface area contributed by atoms with E-state index < -0.39 is 10.0 Å². The molecule has 3 N–H and O–H groups in total. The summed E-state index contributed by atoms with van der Waals surface area (Å²) >= 11 is 0. The second-order valence-corrected chi connectivity index (χ2v) is 6.09. The Balaban J connectivity index is 2.13. The van der Waals surface area contributed by atoms with Crippen molar-refractivity contribution < 1.29 is 17.9 Å². The second kappa shape index (κ2) is 5.28. The van der Waals surface area contributed by atoms with Gasteiger partial charge < -0.3 is 10.1 Å². The molecule has 104 valence electrons. The van der Waals surface area contributed by atoms with Crippen LogP contribution in [-0.2, 0) is 19.6 Å². The summed E-state index contributed by atoms with van der Waals surface area (Å²) in [5.41, 5.74) is 0.413. The van der Waals surface area contributed by atoms with E-state index in [0.717, 1.165) is 0 Å². The van der Waals surface area contributed by atoms with Gasteiger partial charge in [0.1, 0.15) is 0 Å². The fraction of sp³-hybridized carbons (Fsp3) is 0.417. The summed E-state index contributed by atoms with van der Waals surface area (Å²) in [6.07, 6.45) is 0.545. The van der Waals surface area contributed by atoms with Crippen molar-refractivity contribution in [2.75, 3.05) is 11.9 Å². The Morgan fingerprint density at radius 1 is 1.47 bits per heavy atom. The van der Waals surface area contributed by atoms with Gasteiger partial charge in [0, 0.05) is 12.3 Å². The Morgan fingerprint density at radius 2 is 2.21 bits per heavy atom. The molecule has 7 heteroatoms. The molecular formula is C12H16N2O4S. The van der Waals surface area contributed by atoms with E-state index in [9.17, 15) is 13.2 Å². The Labute approximate surface area is 112 Å². The van der Waals surface area contributed by atoms with E-state index in [-0.39, 0.29) is 22.8 Å². The van der Waals surface area contributed by atoms with Gasteiger partial charge in [-0.05, 0) is 31.5 Å². The van der Waals surface area contributed by atoms with Gasteiger partial charge in [0.25, 0.3) is 0 Å². The molecule has 1 heterocycles. The Bertz CT molecular complexity index is 585. The zero-order chi connectivity index (χ0) is 14.0. The maximum Gasteiger partial charge on any atom is 0.238 e. The van der Waals surface area contributed by atoms with Crippen molar-refractivity contribution in [2.24, 2.45) is 11.1 Å². The number of amides is 1. The van der Waals surface area contributed by atoms with E-state index in [1.807, 2.05) is 6.92 Å². The van der Waals surface area contributed by atoms with Gasteiger partial charge in [-0.25, -0.2) is 13.6 Å². The summed E-state index contributed by atoms with van der Waals surface area (Å²) in [7, 11) is -3.77. The van der Waals surface area contributed by atoms with Gasteiger partial charge in [0.15, 0.2) is 0 Å². The van der Waals surface area contributed by atoms with Crippen molar-refractivity contribution in [2.45, 2.75) is 24.3 Å². The number of nitrogens with one attached hydrogen (secondary N) is 1. The van der Waals surface area contributed by atoms with Crippen LogP contribution in [0.15, 0.2) is 29.2 Å². The minimum Gasteiger partial charge on any atom is -0.378 e. The quantitative estimate of drug-likeness (QED) is 0.853. The predicted molar refractivity (Wildman–Crippen MR) is 70.0 cm³/mol. The molecular weight excluding hydrogens is 268 g/mol. The highest BCUT2D eigenvalue weighted by Gasteiger charge is 2.30. The molecule has 1 saturated heterocycles. The average molecular weight is 284 g/mol. The number of nitrogens with two attached hydrogens (primary N) is 1. The summed E-state index contributed by atoms with van der Waals surface area (Å²) in [4.78, 5) is 12.0. The molecule has 1 fully saturated rings. The molecule has 1 aliphatic rings. The molecule has 0 spiro atoms. The minimum absolute atomic E-state index is 0.0268. The number of hydrogen-bond acceptors (Lipinski definition) is 4. The third-order valence-corrected chi connectivity index (χ3v) is 4.05. The Hall–Kier alpha value is -1.44. The van der Waals surface area contributed by atoms with Gasteiger partial charge in [-0.15, -0.1) is 0 Å². The van der Waals surface area contributed by atoms with Gasteiger partial charge in [-0.2, -0.15) is 0 Å². The highest BCUT2D eigenvalue weighted by atomic mass is 32.2. The molecule has 2 rings (SSSR count). The zero-order valence-electron chi connectivity index (χ0n) is 10.5. The molecule has 2 atom stereocenters. The number of sulfonamides is 1. The first kappa shape index (κ1) is 14.0. The summed E-state index contributed by atoms with van der Waals surface area (Å²) < 4.78 is 27.8. The van der Waals surface area contributed by atoms with E-state index >= 15 is 0 Å². The zero-order valence-corrected chi connectivity index (χ0v) is 11.3. The van der Waals surface area contributed by atoms with Crippen LogP contribution >= 0.6 is 0 Å². The highest BCUT2D eigenvalue weighted by Crippen LogP contribution is 2.23. The van der Waals surface area contributed by atoms with E-state index in [2.05, 4.69) is 5.32 Å². The lowest BCUT2D eigenvalue weighted by Crippen LogP contribution is -2.27. The third-order valence-electron chi connectivity index (χ3n) is 3.14. The Kier molecular flexibility index (Phi) is 3.88. The smallest absolute Gasteiger partial charge is 0.238 e. The monoisotopic (exact) mass is 284 g/mol. The van der Waals surface area contributed by atoms with E-state index in [1.54, 1.807) is 6.07 Å². The lowest BCUT2D eigenvalue weighted by Gasteiger charge is -2.14. The van der Waals surface area contributed by atoms with Crippen molar-refractivity contribution in [3.05, 3.63) is 24.3 Å². The summed E-state index contributed by atoms with van der Waals surface area (Å²) in [5.74, 6) is -0.380. The molecule has 0 aliphatic carbocycles. The number of ether oxygens (including phenoxy) is 1. The van der Waals surface area contributed by atoms with Gasteiger partial charge in [-0.3, -0.25) is 4.79 Å². The summed E-state index contributed by atoms with van der Waals surface area (Å²) in [6.45, 7) is 2.41. The number of primary sulfonamides is 1.